The van der Waals surface area contributed by atoms with Crippen molar-refractivity contribution < 1.29 is 14.1 Å². The maximum atomic E-state index is 12.4. The fraction of sp³-hybridized carbons (Fsp3) is 0.778. The maximum Gasteiger partial charge on any atom is 0.273 e. The molecule has 1 aliphatic carbocycles. The molecule has 1 aromatic rings. The summed E-state index contributed by atoms with van der Waals surface area (Å²) in [5, 5.41) is 7.09. The molecule has 4 rings (SSSR count). The summed E-state index contributed by atoms with van der Waals surface area (Å²) in [6.07, 6.45) is 4.72. The smallest absolute Gasteiger partial charge is 0.273 e. The van der Waals surface area contributed by atoms with E-state index in [4.69, 9.17) is 9.26 Å². The highest BCUT2D eigenvalue weighted by atomic mass is 16.5. The SMILES string of the molecule is C[C@H]1CN(CC2CCCOC2)C[C@@H]1NC(=O)c1cc(C2CC2)on1. The highest BCUT2D eigenvalue weighted by molar-refractivity contribution is 5.92. The van der Waals surface area contributed by atoms with Crippen molar-refractivity contribution in [1.82, 2.24) is 15.4 Å². The molecule has 6 heteroatoms. The number of hydrogen-bond acceptors (Lipinski definition) is 5. The second kappa shape index (κ2) is 6.84. The van der Waals surface area contributed by atoms with E-state index in [1.54, 1.807) is 0 Å². The van der Waals surface area contributed by atoms with Crippen molar-refractivity contribution in [3.8, 4) is 0 Å². The van der Waals surface area contributed by atoms with Crippen molar-refractivity contribution in [3.63, 3.8) is 0 Å². The molecule has 1 saturated carbocycles. The van der Waals surface area contributed by atoms with Crippen LogP contribution in [0.5, 0.6) is 0 Å². The molecule has 1 amide bonds. The van der Waals surface area contributed by atoms with E-state index < -0.39 is 0 Å². The summed E-state index contributed by atoms with van der Waals surface area (Å²) in [7, 11) is 0. The number of likely N-dealkylation sites (tertiary alicyclic amines) is 1. The van der Waals surface area contributed by atoms with Gasteiger partial charge in [0.25, 0.3) is 5.91 Å². The van der Waals surface area contributed by atoms with Gasteiger partial charge in [0, 0.05) is 44.3 Å². The van der Waals surface area contributed by atoms with Gasteiger partial charge in [0.15, 0.2) is 5.69 Å². The molecule has 132 valence electrons. The van der Waals surface area contributed by atoms with Gasteiger partial charge in [0.2, 0.25) is 0 Å². The molecule has 3 heterocycles. The predicted molar refractivity (Wildman–Crippen MR) is 88.9 cm³/mol. The van der Waals surface area contributed by atoms with Gasteiger partial charge >= 0.3 is 0 Å². The number of nitrogens with zero attached hydrogens (tertiary/aromatic N) is 2. The van der Waals surface area contributed by atoms with Crippen LogP contribution in [-0.4, -0.2) is 54.9 Å². The molecular formula is C18H27N3O3. The monoisotopic (exact) mass is 333 g/mol. The Morgan fingerprint density at radius 3 is 3.00 bits per heavy atom. The molecular weight excluding hydrogens is 306 g/mol. The van der Waals surface area contributed by atoms with Crippen LogP contribution < -0.4 is 5.32 Å². The van der Waals surface area contributed by atoms with Crippen LogP contribution in [-0.2, 0) is 4.74 Å². The number of aromatic nitrogens is 1. The Bertz CT molecular complexity index is 578. The summed E-state index contributed by atoms with van der Waals surface area (Å²) in [5.74, 6) is 2.33. The normalized spacial score (nSPS) is 31.3. The fourth-order valence-corrected chi connectivity index (χ4v) is 3.92. The van der Waals surface area contributed by atoms with Crippen LogP contribution in [0.4, 0.5) is 0 Å². The Morgan fingerprint density at radius 2 is 2.25 bits per heavy atom. The average Bonchev–Trinajstić information content (AvgIpc) is 3.21. The van der Waals surface area contributed by atoms with Crippen LogP contribution in [0.2, 0.25) is 0 Å². The van der Waals surface area contributed by atoms with E-state index >= 15 is 0 Å². The Kier molecular flexibility index (Phi) is 4.59. The van der Waals surface area contributed by atoms with Gasteiger partial charge in [-0.05, 0) is 37.5 Å². The van der Waals surface area contributed by atoms with E-state index in [1.165, 1.54) is 12.8 Å². The summed E-state index contributed by atoms with van der Waals surface area (Å²) in [6.45, 7) is 7.02. The molecule has 3 fully saturated rings. The molecule has 2 aliphatic heterocycles. The summed E-state index contributed by atoms with van der Waals surface area (Å²) in [5.41, 5.74) is 0.420. The third-order valence-electron chi connectivity index (χ3n) is 5.52. The van der Waals surface area contributed by atoms with Crippen LogP contribution in [0.25, 0.3) is 0 Å². The lowest BCUT2D eigenvalue weighted by Crippen LogP contribution is -2.40. The molecule has 0 radical (unpaired) electrons. The van der Waals surface area contributed by atoms with Crippen LogP contribution in [0.3, 0.4) is 0 Å². The minimum atomic E-state index is -0.106. The summed E-state index contributed by atoms with van der Waals surface area (Å²) in [6, 6.07) is 1.99. The van der Waals surface area contributed by atoms with Gasteiger partial charge in [-0.25, -0.2) is 0 Å². The van der Waals surface area contributed by atoms with Crippen LogP contribution in [0.15, 0.2) is 10.6 Å². The molecule has 0 aromatic carbocycles. The van der Waals surface area contributed by atoms with Crippen molar-refractivity contribution in [3.05, 3.63) is 17.5 Å². The molecule has 3 aliphatic rings. The lowest BCUT2D eigenvalue weighted by molar-refractivity contribution is 0.0412. The van der Waals surface area contributed by atoms with E-state index in [-0.39, 0.29) is 11.9 Å². The summed E-state index contributed by atoms with van der Waals surface area (Å²) in [4.78, 5) is 14.9. The molecule has 2 saturated heterocycles. The molecule has 24 heavy (non-hydrogen) atoms. The lowest BCUT2D eigenvalue weighted by Gasteiger charge is -2.26. The van der Waals surface area contributed by atoms with E-state index in [0.717, 1.165) is 51.4 Å². The van der Waals surface area contributed by atoms with Crippen LogP contribution in [0, 0.1) is 11.8 Å². The first-order valence-corrected chi connectivity index (χ1v) is 9.26. The highest BCUT2D eigenvalue weighted by Crippen LogP contribution is 2.40. The quantitative estimate of drug-likeness (QED) is 0.893. The van der Waals surface area contributed by atoms with Crippen molar-refractivity contribution >= 4 is 5.91 Å². The van der Waals surface area contributed by atoms with Gasteiger partial charge in [-0.1, -0.05) is 12.1 Å². The summed E-state index contributed by atoms with van der Waals surface area (Å²) >= 11 is 0. The fourth-order valence-electron chi connectivity index (χ4n) is 3.92. The Hall–Kier alpha value is -1.40. The van der Waals surface area contributed by atoms with Crippen LogP contribution >= 0.6 is 0 Å². The van der Waals surface area contributed by atoms with Crippen LogP contribution in [0.1, 0.15) is 54.8 Å². The van der Waals surface area contributed by atoms with E-state index in [0.29, 0.717) is 23.4 Å². The third-order valence-corrected chi connectivity index (χ3v) is 5.52. The summed E-state index contributed by atoms with van der Waals surface area (Å²) < 4.78 is 10.9. The third kappa shape index (κ3) is 3.64. The zero-order chi connectivity index (χ0) is 16.5. The topological polar surface area (TPSA) is 67.6 Å². The largest absolute Gasteiger partial charge is 0.381 e. The van der Waals surface area contributed by atoms with E-state index in [2.05, 4.69) is 22.3 Å². The minimum absolute atomic E-state index is 0.106. The zero-order valence-electron chi connectivity index (χ0n) is 14.4. The predicted octanol–water partition coefficient (Wildman–Crippen LogP) is 2.03. The highest BCUT2D eigenvalue weighted by Gasteiger charge is 2.34. The van der Waals surface area contributed by atoms with Gasteiger partial charge in [-0.3, -0.25) is 4.79 Å². The number of hydrogen-bond donors (Lipinski definition) is 1. The Balaban J connectivity index is 1.29. The Labute approximate surface area is 142 Å². The molecule has 0 spiro atoms. The molecule has 1 unspecified atom stereocenters. The number of rotatable bonds is 5. The average molecular weight is 333 g/mol. The Morgan fingerprint density at radius 1 is 1.38 bits per heavy atom. The van der Waals surface area contributed by atoms with Gasteiger partial charge in [0.1, 0.15) is 5.76 Å². The zero-order valence-corrected chi connectivity index (χ0v) is 14.4. The van der Waals surface area contributed by atoms with Gasteiger partial charge < -0.3 is 19.5 Å². The van der Waals surface area contributed by atoms with Crippen molar-refractivity contribution in [2.45, 2.75) is 44.6 Å². The standard InChI is InChI=1S/C18H27N3O3/c1-12-8-21(9-13-3-2-6-23-11-13)10-16(12)19-18(22)15-7-17(24-20-15)14-4-5-14/h7,12-14,16H,2-6,8-11H2,1H3,(H,19,22)/t12-,13?,16-/m0/s1. The van der Waals surface area contributed by atoms with Gasteiger partial charge in [-0.15, -0.1) is 0 Å². The molecule has 0 bridgehead atoms. The number of nitrogens with one attached hydrogen (secondary N) is 1. The van der Waals surface area contributed by atoms with E-state index in [1.807, 2.05) is 6.07 Å². The second-order valence-electron chi connectivity index (χ2n) is 7.75. The van der Waals surface area contributed by atoms with Crippen molar-refractivity contribution in [1.29, 1.82) is 0 Å². The number of ether oxygens (including phenoxy) is 1. The first-order valence-electron chi connectivity index (χ1n) is 9.26. The first kappa shape index (κ1) is 16.1. The maximum absolute atomic E-state index is 12.4. The molecule has 6 nitrogen and oxygen atoms in total. The molecule has 1 N–H and O–H groups in total. The second-order valence-corrected chi connectivity index (χ2v) is 7.75. The molecule has 3 atom stereocenters. The van der Waals surface area contributed by atoms with Crippen molar-refractivity contribution in [2.24, 2.45) is 11.8 Å². The number of amides is 1. The van der Waals surface area contributed by atoms with Gasteiger partial charge in [-0.2, -0.15) is 0 Å². The van der Waals surface area contributed by atoms with Gasteiger partial charge in [0.05, 0.1) is 6.61 Å². The lowest BCUT2D eigenvalue weighted by atomic mass is 10.0. The molecule has 1 aromatic heterocycles. The number of carbonyl (C=O) groups excluding carboxylic acids is 1. The first-order chi connectivity index (χ1) is 11.7. The van der Waals surface area contributed by atoms with E-state index in [9.17, 15) is 4.79 Å². The number of carbonyl (C=O) groups is 1. The minimum Gasteiger partial charge on any atom is -0.381 e. The van der Waals surface area contributed by atoms with Crippen molar-refractivity contribution in [2.75, 3.05) is 32.8 Å².